The van der Waals surface area contributed by atoms with Gasteiger partial charge in [0, 0.05) is 0 Å². The van der Waals surface area contributed by atoms with Crippen molar-refractivity contribution in [3.63, 3.8) is 0 Å². The Hall–Kier alpha value is -3.10. The van der Waals surface area contributed by atoms with Gasteiger partial charge < -0.3 is 30.3 Å². The van der Waals surface area contributed by atoms with Crippen LogP contribution >= 0.6 is 0 Å². The normalized spacial score (nSPS) is 35.9. The van der Waals surface area contributed by atoms with E-state index in [1.807, 2.05) is 36.4 Å². The molecule has 6 atom stereocenters. The highest BCUT2D eigenvalue weighted by Gasteiger charge is 2.73. The van der Waals surface area contributed by atoms with Crippen molar-refractivity contribution in [2.45, 2.75) is 92.3 Å². The highest BCUT2D eigenvalue weighted by atomic mass is 16.5. The van der Waals surface area contributed by atoms with Crippen LogP contribution in [0, 0.1) is 32.5 Å². The van der Waals surface area contributed by atoms with Gasteiger partial charge in [-0.15, -0.1) is 0 Å². The molecule has 2 aromatic carbocycles. The number of methoxy groups -OCH3 is 2. The number of nitrogens with one attached hydrogen (secondary N) is 2. The number of anilines is 2. The minimum Gasteiger partial charge on any atom is -0.495 e. The summed E-state index contributed by atoms with van der Waals surface area (Å²) in [4.78, 5) is 27.6. The first-order valence-corrected chi connectivity index (χ1v) is 15.9. The van der Waals surface area contributed by atoms with Crippen molar-refractivity contribution in [1.82, 2.24) is 0 Å². The lowest BCUT2D eigenvalue weighted by molar-refractivity contribution is -0.131. The molecule has 8 heteroatoms. The Morgan fingerprint density at radius 1 is 0.659 bits per heavy atom. The van der Waals surface area contributed by atoms with Crippen molar-refractivity contribution >= 4 is 23.2 Å². The van der Waals surface area contributed by atoms with Crippen LogP contribution in [0.5, 0.6) is 11.5 Å². The topological polar surface area (TPSA) is 117 Å². The van der Waals surface area contributed by atoms with E-state index in [-0.39, 0.29) is 33.5 Å². The lowest BCUT2D eigenvalue weighted by Gasteiger charge is -2.40. The van der Waals surface area contributed by atoms with E-state index in [2.05, 4.69) is 52.2 Å². The van der Waals surface area contributed by atoms with Crippen LogP contribution in [-0.4, -0.2) is 48.5 Å². The van der Waals surface area contributed by atoms with Gasteiger partial charge in [-0.25, -0.2) is 0 Å². The second-order valence-electron chi connectivity index (χ2n) is 15.4. The third kappa shape index (κ3) is 3.70. The van der Waals surface area contributed by atoms with Crippen LogP contribution in [0.25, 0.3) is 11.1 Å². The standard InChI is InChI=1S/C36H48N2O6/c1-31(2)33(5)13-15-35(31,19-27(33)39)29(41)37-23-11-9-21(17-25(23)43-7)22-10-12-24(26(18-22)44-8)38-30(42)36-16-14-34(6,28(40)20-36)32(36,3)4/h9-12,17-18,27-28,39-40H,13-16,19-20H2,1-8H3,(H,37,41)(H,38,42). The largest absolute Gasteiger partial charge is 0.495 e. The molecule has 4 saturated carbocycles. The van der Waals surface area contributed by atoms with Crippen molar-refractivity contribution in [3.05, 3.63) is 36.4 Å². The predicted octanol–water partition coefficient (Wildman–Crippen LogP) is 6.40. The van der Waals surface area contributed by atoms with E-state index in [4.69, 9.17) is 9.47 Å². The zero-order valence-electron chi connectivity index (χ0n) is 27.4. The number of aliphatic hydroxyl groups is 2. The summed E-state index contributed by atoms with van der Waals surface area (Å²) in [6.45, 7) is 12.6. The van der Waals surface area contributed by atoms with Crippen LogP contribution in [-0.2, 0) is 9.59 Å². The molecule has 4 aliphatic rings. The molecule has 6 rings (SSSR count). The highest BCUT2D eigenvalue weighted by molar-refractivity contribution is 5.99. The van der Waals surface area contributed by atoms with Crippen molar-refractivity contribution in [1.29, 1.82) is 0 Å². The maximum Gasteiger partial charge on any atom is 0.231 e. The quantitative estimate of drug-likeness (QED) is 0.291. The first kappa shape index (κ1) is 30.9. The third-order valence-corrected chi connectivity index (χ3v) is 14.0. The molecule has 0 aromatic heterocycles. The fraction of sp³-hybridized carbons (Fsp3) is 0.611. The molecule has 0 radical (unpaired) electrons. The van der Waals surface area contributed by atoms with Crippen molar-refractivity contribution in [2.24, 2.45) is 32.5 Å². The molecule has 8 nitrogen and oxygen atoms in total. The number of ether oxygens (including phenoxy) is 2. The molecule has 2 aromatic rings. The Kier molecular flexibility index (Phi) is 6.81. The fourth-order valence-electron chi connectivity index (χ4n) is 9.69. The summed E-state index contributed by atoms with van der Waals surface area (Å²) in [5.74, 6) is 0.920. The molecule has 4 bridgehead atoms. The SMILES string of the molecule is COc1cc(-c2ccc(NC(=O)C34CCC(C)(C(O)C3)C4(C)C)c(OC)c2)ccc1NC(=O)C12CCC(C)(C(O)C1)C2(C)C. The number of fused-ring (bicyclic) bond motifs is 4. The lowest BCUT2D eigenvalue weighted by atomic mass is 9.64. The maximum absolute atomic E-state index is 13.8. The van der Waals surface area contributed by atoms with Gasteiger partial charge in [-0.2, -0.15) is 0 Å². The van der Waals surface area contributed by atoms with Gasteiger partial charge in [0.15, 0.2) is 0 Å². The Morgan fingerprint density at radius 2 is 1.02 bits per heavy atom. The van der Waals surface area contributed by atoms with E-state index in [0.29, 0.717) is 35.7 Å². The average Bonchev–Trinajstić information content (AvgIpc) is 3.45. The van der Waals surface area contributed by atoms with E-state index in [9.17, 15) is 19.8 Å². The lowest BCUT2D eigenvalue weighted by Crippen LogP contribution is -2.43. The second kappa shape index (κ2) is 9.70. The zero-order valence-corrected chi connectivity index (χ0v) is 27.4. The van der Waals surface area contributed by atoms with Crippen LogP contribution in [0.15, 0.2) is 36.4 Å². The van der Waals surface area contributed by atoms with Crippen LogP contribution in [0.2, 0.25) is 0 Å². The summed E-state index contributed by atoms with van der Waals surface area (Å²) in [5, 5.41) is 28.0. The molecule has 44 heavy (non-hydrogen) atoms. The van der Waals surface area contributed by atoms with Crippen molar-refractivity contribution in [2.75, 3.05) is 24.9 Å². The van der Waals surface area contributed by atoms with Gasteiger partial charge in [-0.3, -0.25) is 9.59 Å². The van der Waals surface area contributed by atoms with Crippen LogP contribution in [0.3, 0.4) is 0 Å². The molecule has 0 heterocycles. The molecule has 0 spiro atoms. The first-order chi connectivity index (χ1) is 20.5. The van der Waals surface area contributed by atoms with Crippen molar-refractivity contribution in [3.8, 4) is 22.6 Å². The van der Waals surface area contributed by atoms with Gasteiger partial charge in [0.05, 0.1) is 48.6 Å². The first-order valence-electron chi connectivity index (χ1n) is 15.9. The molecule has 238 valence electrons. The molecule has 4 aliphatic carbocycles. The van der Waals surface area contributed by atoms with E-state index in [1.165, 1.54) is 0 Å². The number of amides is 2. The molecule has 4 fully saturated rings. The zero-order chi connectivity index (χ0) is 32.1. The molecule has 0 aliphatic heterocycles. The van der Waals surface area contributed by atoms with E-state index < -0.39 is 23.0 Å². The summed E-state index contributed by atoms with van der Waals surface area (Å²) in [6, 6.07) is 11.3. The fourth-order valence-corrected chi connectivity index (χ4v) is 9.69. The Labute approximate surface area is 260 Å². The molecular weight excluding hydrogens is 556 g/mol. The molecule has 4 N–H and O–H groups in total. The Balaban J connectivity index is 1.23. The minimum absolute atomic E-state index is 0.0735. The summed E-state index contributed by atoms with van der Waals surface area (Å²) in [6.07, 6.45) is 3.07. The van der Waals surface area contributed by atoms with E-state index >= 15 is 0 Å². The Morgan fingerprint density at radius 3 is 1.30 bits per heavy atom. The van der Waals surface area contributed by atoms with Gasteiger partial charge in [-0.05, 0) is 95.6 Å². The van der Waals surface area contributed by atoms with Crippen molar-refractivity contribution < 1.29 is 29.3 Å². The number of aliphatic hydroxyl groups excluding tert-OH is 2. The smallest absolute Gasteiger partial charge is 0.231 e. The minimum atomic E-state index is -0.638. The van der Waals surface area contributed by atoms with E-state index in [0.717, 1.165) is 36.8 Å². The highest BCUT2D eigenvalue weighted by Crippen LogP contribution is 2.73. The molecule has 0 saturated heterocycles. The maximum atomic E-state index is 13.8. The van der Waals surface area contributed by atoms with E-state index in [1.54, 1.807) is 14.2 Å². The van der Waals surface area contributed by atoms with Gasteiger partial charge in [0.2, 0.25) is 11.8 Å². The number of hydrogen-bond donors (Lipinski definition) is 4. The summed E-state index contributed by atoms with van der Waals surface area (Å²) in [5.41, 5.74) is 0.381. The summed E-state index contributed by atoms with van der Waals surface area (Å²) in [7, 11) is 3.16. The molecule has 6 unspecified atom stereocenters. The van der Waals surface area contributed by atoms with Gasteiger partial charge in [0.25, 0.3) is 0 Å². The second-order valence-corrected chi connectivity index (χ2v) is 15.4. The van der Waals surface area contributed by atoms with Gasteiger partial charge >= 0.3 is 0 Å². The number of benzene rings is 2. The van der Waals surface area contributed by atoms with Gasteiger partial charge in [-0.1, -0.05) is 53.7 Å². The average molecular weight is 605 g/mol. The molecular formula is C36H48N2O6. The Bertz CT molecular complexity index is 1420. The number of carbonyl (C=O) groups excluding carboxylic acids is 2. The van der Waals surface area contributed by atoms with Crippen LogP contribution < -0.4 is 20.1 Å². The van der Waals surface area contributed by atoms with Crippen LogP contribution in [0.1, 0.15) is 80.1 Å². The summed E-state index contributed by atoms with van der Waals surface area (Å²) < 4.78 is 11.4. The van der Waals surface area contributed by atoms with Crippen LogP contribution in [0.4, 0.5) is 11.4 Å². The predicted molar refractivity (Wildman–Crippen MR) is 171 cm³/mol. The third-order valence-electron chi connectivity index (χ3n) is 14.0. The monoisotopic (exact) mass is 604 g/mol. The molecule has 2 amide bonds. The number of hydrogen-bond acceptors (Lipinski definition) is 6. The number of carbonyl (C=O) groups is 2. The number of rotatable bonds is 7. The summed E-state index contributed by atoms with van der Waals surface area (Å²) >= 11 is 0. The van der Waals surface area contributed by atoms with Gasteiger partial charge in [0.1, 0.15) is 11.5 Å².